The van der Waals surface area contributed by atoms with Crippen LogP contribution in [0, 0.1) is 0 Å². The van der Waals surface area contributed by atoms with Gasteiger partial charge in [-0.25, -0.2) is 0 Å². The van der Waals surface area contributed by atoms with Crippen LogP contribution in [-0.4, -0.2) is 36.8 Å². The average molecular weight is 599 g/mol. The average Bonchev–Trinajstić information content (AvgIpc) is 3.31. The predicted molar refractivity (Wildman–Crippen MR) is 172 cm³/mol. The Morgan fingerprint density at radius 2 is 1.91 bits per heavy atom. The monoisotopic (exact) mass is 598 g/mol. The van der Waals surface area contributed by atoms with Gasteiger partial charge >= 0.3 is 6.18 Å². The molecule has 1 amide bonds. The molecule has 1 N–H and O–H groups in total. The first-order chi connectivity index (χ1) is 20.5. The highest BCUT2D eigenvalue weighted by atomic mass is 19.4. The van der Waals surface area contributed by atoms with Crippen molar-refractivity contribution in [2.75, 3.05) is 19.0 Å². The molecule has 0 saturated heterocycles. The fourth-order valence-electron chi connectivity index (χ4n) is 6.02. The summed E-state index contributed by atoms with van der Waals surface area (Å²) >= 11 is 0. The van der Waals surface area contributed by atoms with Crippen molar-refractivity contribution < 1.29 is 18.0 Å². The van der Waals surface area contributed by atoms with Crippen molar-refractivity contribution in [3.8, 4) is 0 Å². The van der Waals surface area contributed by atoms with Gasteiger partial charge in [0.1, 0.15) is 0 Å². The fraction of sp³-hybridized carbons (Fsp3) is 0.543. The molecule has 1 fully saturated rings. The van der Waals surface area contributed by atoms with E-state index >= 15 is 0 Å². The van der Waals surface area contributed by atoms with E-state index in [2.05, 4.69) is 37.2 Å². The van der Waals surface area contributed by atoms with Crippen LogP contribution in [0.2, 0.25) is 0 Å². The number of unbranched alkanes of at least 4 members (excludes halogenated alkanes) is 1. The van der Waals surface area contributed by atoms with Gasteiger partial charge in [-0.1, -0.05) is 58.7 Å². The first kappa shape index (κ1) is 34.4. The van der Waals surface area contributed by atoms with E-state index in [1.54, 1.807) is 19.5 Å². The zero-order valence-corrected chi connectivity index (χ0v) is 26.9. The maximum absolute atomic E-state index is 14.2. The second kappa shape index (κ2) is 15.0. The highest BCUT2D eigenvalue weighted by molar-refractivity contribution is 6.10. The molecule has 0 radical (unpaired) electrons. The van der Waals surface area contributed by atoms with Gasteiger partial charge in [0.25, 0.3) is 5.91 Å². The Morgan fingerprint density at radius 3 is 2.49 bits per heavy atom. The van der Waals surface area contributed by atoms with E-state index in [9.17, 15) is 18.0 Å². The molecular formula is C35H49F3N4O. The summed E-state index contributed by atoms with van der Waals surface area (Å²) in [5.41, 5.74) is 2.69. The van der Waals surface area contributed by atoms with Gasteiger partial charge in [-0.3, -0.25) is 9.79 Å². The Bertz CT molecular complexity index is 1300. The van der Waals surface area contributed by atoms with E-state index < -0.39 is 11.7 Å². The lowest BCUT2D eigenvalue weighted by Gasteiger charge is -2.39. The van der Waals surface area contributed by atoms with Crippen LogP contribution in [0.25, 0.3) is 0 Å². The number of likely N-dealkylation sites (N-methyl/N-ethyl adjacent to an activating group) is 1. The number of carbonyl (C=O) groups excluding carboxylic acids is 1. The van der Waals surface area contributed by atoms with E-state index in [0.717, 1.165) is 56.2 Å². The van der Waals surface area contributed by atoms with Crippen LogP contribution >= 0.6 is 0 Å². The second-order valence-corrected chi connectivity index (χ2v) is 11.6. The van der Waals surface area contributed by atoms with Crippen LogP contribution in [0.3, 0.4) is 0 Å². The van der Waals surface area contributed by atoms with Gasteiger partial charge in [0, 0.05) is 49.0 Å². The maximum atomic E-state index is 14.2. The Labute approximate surface area is 256 Å². The van der Waals surface area contributed by atoms with Gasteiger partial charge in [-0.15, -0.1) is 0 Å². The molecule has 2 aromatic carbocycles. The molecule has 0 aromatic heterocycles. The Hall–Kier alpha value is -3.13. The molecule has 1 atom stereocenters. The minimum atomic E-state index is -4.55. The van der Waals surface area contributed by atoms with Crippen LogP contribution in [0.5, 0.6) is 0 Å². The molecule has 1 aliphatic heterocycles. The number of benzene rings is 2. The summed E-state index contributed by atoms with van der Waals surface area (Å²) in [4.78, 5) is 21.4. The summed E-state index contributed by atoms with van der Waals surface area (Å²) in [5, 5.41) is 3.40. The number of carbonyl (C=O) groups is 1. The third-order valence-electron chi connectivity index (χ3n) is 8.48. The summed E-state index contributed by atoms with van der Waals surface area (Å²) in [6.45, 7) is 10.5. The van der Waals surface area contributed by atoms with Gasteiger partial charge < -0.3 is 15.1 Å². The van der Waals surface area contributed by atoms with Gasteiger partial charge in [-0.05, 0) is 80.0 Å². The minimum absolute atomic E-state index is 0.0513. The summed E-state index contributed by atoms with van der Waals surface area (Å²) in [6, 6.07) is 10.6. The molecule has 0 bridgehead atoms. The Kier molecular flexibility index (Phi) is 12.0. The molecule has 5 nitrogen and oxygen atoms in total. The van der Waals surface area contributed by atoms with Crippen molar-refractivity contribution in [3.63, 3.8) is 0 Å². The van der Waals surface area contributed by atoms with E-state index in [-0.39, 0.29) is 35.0 Å². The summed E-state index contributed by atoms with van der Waals surface area (Å²) < 4.78 is 42.7. The largest absolute Gasteiger partial charge is 0.416 e. The number of fused-ring (bicyclic) bond motifs is 1. The standard InChI is InChI=1S/C33H43F3N4O.C2H6/c1-6-8-14-26(30(11-7-2)39(5)22-37-4)24-12-9-13-25(19-24)40-21-28-27(31(40)41)17-23(18-29(28)33(34,35)36)20-38-32(3)15-10-16-32;1-2/h9,11-13,17-19,22,26,38H,6-8,10,14-16,20-21H2,1-5H3;1-2H3/b30-11+,37-22?;. The summed E-state index contributed by atoms with van der Waals surface area (Å²) in [5.74, 6) is -0.321. The third kappa shape index (κ3) is 8.08. The van der Waals surface area contributed by atoms with Crippen LogP contribution in [0.4, 0.5) is 18.9 Å². The molecule has 2 aliphatic rings. The van der Waals surface area contributed by atoms with Gasteiger partial charge in [-0.2, -0.15) is 13.2 Å². The number of hydrogen-bond donors (Lipinski definition) is 1. The number of nitrogens with zero attached hydrogens (tertiary/aromatic N) is 3. The molecule has 1 saturated carbocycles. The normalized spacial score (nSPS) is 16.9. The van der Waals surface area contributed by atoms with Gasteiger partial charge in [0.2, 0.25) is 0 Å². The van der Waals surface area contributed by atoms with Crippen molar-refractivity contribution in [2.45, 2.75) is 110 Å². The van der Waals surface area contributed by atoms with Gasteiger partial charge in [0.15, 0.2) is 0 Å². The SMILES string of the molecule is CC.CC/C=C(\C(CCCC)c1cccc(N2Cc3c(cc(CNC4(C)CCC4)cc3C(F)(F)F)C2=O)c1)N(C)C=NC. The lowest BCUT2D eigenvalue weighted by atomic mass is 9.78. The van der Waals surface area contributed by atoms with Crippen molar-refractivity contribution in [1.82, 2.24) is 10.2 Å². The predicted octanol–water partition coefficient (Wildman–Crippen LogP) is 9.08. The number of allylic oxidation sites excluding steroid dienone is 2. The minimum Gasteiger partial charge on any atom is -0.339 e. The number of aliphatic imine (C=N–C) groups is 1. The zero-order valence-electron chi connectivity index (χ0n) is 26.9. The number of alkyl halides is 3. The smallest absolute Gasteiger partial charge is 0.339 e. The van der Waals surface area contributed by atoms with Gasteiger partial charge in [0.05, 0.1) is 18.4 Å². The van der Waals surface area contributed by atoms with E-state index in [4.69, 9.17) is 0 Å². The first-order valence-electron chi connectivity index (χ1n) is 15.8. The number of amides is 1. The van der Waals surface area contributed by atoms with Crippen LogP contribution in [0.1, 0.15) is 118 Å². The van der Waals surface area contributed by atoms with Crippen LogP contribution in [0.15, 0.2) is 53.2 Å². The van der Waals surface area contributed by atoms with Crippen molar-refractivity contribution in [1.29, 1.82) is 0 Å². The van der Waals surface area contributed by atoms with E-state index in [1.807, 2.05) is 50.1 Å². The molecule has 0 spiro atoms. The number of hydrogen-bond acceptors (Lipinski definition) is 3. The first-order valence-corrected chi connectivity index (χ1v) is 15.8. The van der Waals surface area contributed by atoms with Crippen molar-refractivity contribution in [2.24, 2.45) is 4.99 Å². The van der Waals surface area contributed by atoms with E-state index in [0.29, 0.717) is 17.8 Å². The molecule has 4 rings (SSSR count). The summed E-state index contributed by atoms with van der Waals surface area (Å²) in [6.07, 6.45) is 6.39. The molecule has 1 aliphatic carbocycles. The van der Waals surface area contributed by atoms with Crippen molar-refractivity contribution in [3.05, 3.63) is 76.0 Å². The molecule has 2 aromatic rings. The zero-order chi connectivity index (χ0) is 31.8. The highest BCUT2D eigenvalue weighted by Crippen LogP contribution is 2.41. The number of nitrogens with one attached hydrogen (secondary N) is 1. The number of halogens is 3. The number of anilines is 1. The molecule has 1 heterocycles. The lowest BCUT2D eigenvalue weighted by Crippen LogP contribution is -2.47. The Balaban J connectivity index is 0.00000248. The second-order valence-electron chi connectivity index (χ2n) is 11.6. The molecule has 43 heavy (non-hydrogen) atoms. The summed E-state index contributed by atoms with van der Waals surface area (Å²) in [7, 11) is 3.72. The molecule has 1 unspecified atom stereocenters. The van der Waals surface area contributed by atoms with E-state index in [1.165, 1.54) is 11.0 Å². The fourth-order valence-corrected chi connectivity index (χ4v) is 6.02. The van der Waals surface area contributed by atoms with Crippen LogP contribution < -0.4 is 10.2 Å². The molecule has 236 valence electrons. The highest BCUT2D eigenvalue weighted by Gasteiger charge is 2.41. The molecule has 8 heteroatoms. The van der Waals surface area contributed by atoms with Crippen molar-refractivity contribution >= 4 is 17.9 Å². The maximum Gasteiger partial charge on any atom is 0.416 e. The molecular weight excluding hydrogens is 549 g/mol. The van der Waals surface area contributed by atoms with Crippen LogP contribution in [-0.2, 0) is 19.3 Å². The quantitative estimate of drug-likeness (QED) is 0.196. The topological polar surface area (TPSA) is 47.9 Å². The Morgan fingerprint density at radius 1 is 1.19 bits per heavy atom. The third-order valence-corrected chi connectivity index (χ3v) is 8.48. The lowest BCUT2D eigenvalue weighted by molar-refractivity contribution is -0.138. The number of rotatable bonds is 12.